The van der Waals surface area contributed by atoms with E-state index in [9.17, 15) is 0 Å². The highest BCUT2D eigenvalue weighted by Crippen LogP contribution is 2.61. The molecule has 2 aliphatic rings. The van der Waals surface area contributed by atoms with Crippen molar-refractivity contribution in [2.24, 2.45) is 0 Å². The molecule has 0 aliphatic carbocycles. The zero-order valence-electron chi connectivity index (χ0n) is 15.9. The molecule has 2 rings (SSSR count). The maximum Gasteiger partial charge on any atom is -0.0135 e. The summed E-state index contributed by atoms with van der Waals surface area (Å²) in [6.45, 7) is 16.2. The van der Waals surface area contributed by atoms with Crippen molar-refractivity contribution in [2.45, 2.75) is 103 Å². The fourth-order valence-electron chi connectivity index (χ4n) is 4.02. The molecule has 5 unspecified atom stereocenters. The number of hydrogen-bond donors (Lipinski definition) is 0. The van der Waals surface area contributed by atoms with Crippen molar-refractivity contribution in [3.63, 3.8) is 0 Å². The highest BCUT2D eigenvalue weighted by Gasteiger charge is 2.32. The first-order valence-corrected chi connectivity index (χ1v) is 13.1. The fourth-order valence-corrected chi connectivity index (χ4v) is 11.2. The van der Waals surface area contributed by atoms with Crippen molar-refractivity contribution in [2.75, 3.05) is 12.3 Å². The molecule has 0 bridgehead atoms. The van der Waals surface area contributed by atoms with E-state index in [0.29, 0.717) is 0 Å². The molecule has 0 aromatic carbocycles. The summed E-state index contributed by atoms with van der Waals surface area (Å²) in [6.07, 6.45) is 14.7. The zero-order chi connectivity index (χ0) is 16.5. The Kier molecular flexibility index (Phi) is 10.5. The number of allylic oxidation sites excluding steroid dienone is 1. The van der Waals surface area contributed by atoms with Gasteiger partial charge >= 0.3 is 0 Å². The third-order valence-corrected chi connectivity index (χ3v) is 12.8. The van der Waals surface area contributed by atoms with Crippen LogP contribution in [0.5, 0.6) is 0 Å². The van der Waals surface area contributed by atoms with Gasteiger partial charge in [0.1, 0.15) is 0 Å². The Labute approximate surface area is 143 Å². The van der Waals surface area contributed by atoms with Crippen LogP contribution in [-0.2, 0) is 0 Å². The number of hydrogen-bond acceptors (Lipinski definition) is 0. The topological polar surface area (TPSA) is 0 Å². The highest BCUT2D eigenvalue weighted by molar-refractivity contribution is 7.65. The third kappa shape index (κ3) is 5.91. The van der Waals surface area contributed by atoms with Gasteiger partial charge < -0.3 is 0 Å². The zero-order valence-corrected chi connectivity index (χ0v) is 17.7. The standard InChI is InChI=1S/C18H34P2.C2H6/c1-15-11-7-5-9-13-19(15)17(3)18(4)20-14-10-6-8-12-16(20)2;1-2/h16-18H,1,5-14H2,2-4H3;1-2H3. The molecule has 0 N–H and O–H groups in total. The molecule has 0 amide bonds. The van der Waals surface area contributed by atoms with Crippen LogP contribution < -0.4 is 0 Å². The Morgan fingerprint density at radius 3 is 2.27 bits per heavy atom. The molecule has 0 aromatic rings. The van der Waals surface area contributed by atoms with Gasteiger partial charge in [0.2, 0.25) is 0 Å². The van der Waals surface area contributed by atoms with Crippen LogP contribution in [-0.4, -0.2) is 29.3 Å². The smallest absolute Gasteiger partial charge is 0.0135 e. The Balaban J connectivity index is 0.00000116. The van der Waals surface area contributed by atoms with Crippen LogP contribution in [0, 0.1) is 0 Å². The molecule has 2 fully saturated rings. The van der Waals surface area contributed by atoms with Gasteiger partial charge in [0.05, 0.1) is 0 Å². The summed E-state index contributed by atoms with van der Waals surface area (Å²) in [6, 6.07) is 0. The third-order valence-electron chi connectivity index (χ3n) is 5.59. The average Bonchev–Trinajstić information content (AvgIpc) is 2.88. The van der Waals surface area contributed by atoms with E-state index in [1.54, 1.807) is 11.5 Å². The van der Waals surface area contributed by atoms with E-state index in [0.717, 1.165) is 17.0 Å². The monoisotopic (exact) mass is 342 g/mol. The minimum atomic E-state index is 0.109. The minimum absolute atomic E-state index is 0.109. The molecular formula is C20H40P2. The van der Waals surface area contributed by atoms with Crippen molar-refractivity contribution in [1.29, 1.82) is 0 Å². The SMILES string of the molecule is C=C1CCCCCP1C(C)C(C)P1CCCCCC1C.CC. The molecule has 22 heavy (non-hydrogen) atoms. The molecule has 130 valence electrons. The lowest BCUT2D eigenvalue weighted by Gasteiger charge is -2.37. The van der Waals surface area contributed by atoms with Crippen molar-refractivity contribution in [3.8, 4) is 0 Å². The van der Waals surface area contributed by atoms with Gasteiger partial charge in [0.25, 0.3) is 0 Å². The summed E-state index contributed by atoms with van der Waals surface area (Å²) in [4.78, 5) is 0. The second kappa shape index (κ2) is 11.2. The van der Waals surface area contributed by atoms with Gasteiger partial charge in [-0.25, -0.2) is 0 Å². The Hall–Kier alpha value is 0.600. The van der Waals surface area contributed by atoms with Crippen LogP contribution in [0.1, 0.15) is 86.0 Å². The van der Waals surface area contributed by atoms with Gasteiger partial charge in [-0.05, 0) is 61.4 Å². The van der Waals surface area contributed by atoms with Gasteiger partial charge in [-0.2, -0.15) is 0 Å². The summed E-state index contributed by atoms with van der Waals surface area (Å²) < 4.78 is 0. The lowest BCUT2D eigenvalue weighted by atomic mass is 10.2. The van der Waals surface area contributed by atoms with Crippen molar-refractivity contribution >= 4 is 15.8 Å². The summed E-state index contributed by atoms with van der Waals surface area (Å²) >= 11 is 0. The average molecular weight is 342 g/mol. The molecule has 5 atom stereocenters. The van der Waals surface area contributed by atoms with E-state index in [-0.39, 0.29) is 15.8 Å². The quantitative estimate of drug-likeness (QED) is 0.459. The van der Waals surface area contributed by atoms with Gasteiger partial charge in [-0.1, -0.05) is 73.7 Å². The van der Waals surface area contributed by atoms with Gasteiger partial charge in [-0.15, -0.1) is 7.92 Å². The van der Waals surface area contributed by atoms with Gasteiger partial charge in [0, 0.05) is 0 Å². The summed E-state index contributed by atoms with van der Waals surface area (Å²) in [5.41, 5.74) is 2.92. The predicted molar refractivity (Wildman–Crippen MR) is 109 cm³/mol. The molecule has 0 aromatic heterocycles. The fraction of sp³-hybridized carbons (Fsp3) is 0.900. The molecule has 2 heterocycles. The second-order valence-electron chi connectivity index (χ2n) is 6.99. The van der Waals surface area contributed by atoms with Crippen LogP contribution in [0.25, 0.3) is 0 Å². The van der Waals surface area contributed by atoms with Crippen LogP contribution in [0.4, 0.5) is 0 Å². The molecule has 0 radical (unpaired) electrons. The Morgan fingerprint density at radius 1 is 0.909 bits per heavy atom. The van der Waals surface area contributed by atoms with Crippen LogP contribution >= 0.6 is 15.8 Å². The van der Waals surface area contributed by atoms with E-state index in [4.69, 9.17) is 0 Å². The molecule has 2 heteroatoms. The first-order valence-electron chi connectivity index (χ1n) is 9.81. The maximum atomic E-state index is 4.48. The van der Waals surface area contributed by atoms with Crippen LogP contribution in [0.2, 0.25) is 0 Å². The molecule has 2 aliphatic heterocycles. The van der Waals surface area contributed by atoms with Crippen LogP contribution in [0.3, 0.4) is 0 Å². The minimum Gasteiger partial charge on any atom is -0.100 e. The van der Waals surface area contributed by atoms with Gasteiger partial charge in [0.15, 0.2) is 0 Å². The van der Waals surface area contributed by atoms with E-state index in [1.165, 1.54) is 57.5 Å². The maximum absolute atomic E-state index is 4.48. The van der Waals surface area contributed by atoms with Crippen LogP contribution in [0.15, 0.2) is 11.9 Å². The molecule has 0 nitrogen and oxygen atoms in total. The first-order chi connectivity index (χ1) is 10.6. The van der Waals surface area contributed by atoms with Crippen molar-refractivity contribution in [3.05, 3.63) is 11.9 Å². The van der Waals surface area contributed by atoms with Crippen molar-refractivity contribution < 1.29 is 0 Å². The molecular weight excluding hydrogens is 302 g/mol. The predicted octanol–water partition coefficient (Wildman–Crippen LogP) is 7.80. The highest BCUT2D eigenvalue weighted by atomic mass is 31.1. The lowest BCUT2D eigenvalue weighted by Crippen LogP contribution is -2.22. The second-order valence-corrected chi connectivity index (χ2v) is 13.0. The molecule has 0 saturated carbocycles. The number of rotatable bonds is 3. The van der Waals surface area contributed by atoms with E-state index in [1.807, 2.05) is 13.8 Å². The Morgan fingerprint density at radius 2 is 1.55 bits per heavy atom. The van der Waals surface area contributed by atoms with E-state index >= 15 is 0 Å². The molecule has 0 spiro atoms. The Bertz CT molecular complexity index is 313. The normalized spacial score (nSPS) is 33.0. The first kappa shape index (κ1) is 20.6. The lowest BCUT2D eigenvalue weighted by molar-refractivity contribution is 0.684. The van der Waals surface area contributed by atoms with Crippen molar-refractivity contribution in [1.82, 2.24) is 0 Å². The summed E-state index contributed by atoms with van der Waals surface area (Å²) in [5.74, 6) is 0. The van der Waals surface area contributed by atoms with Gasteiger partial charge in [-0.3, -0.25) is 0 Å². The summed E-state index contributed by atoms with van der Waals surface area (Å²) in [7, 11) is 0.371. The molecule has 2 saturated heterocycles. The van der Waals surface area contributed by atoms with E-state index in [2.05, 4.69) is 27.4 Å². The van der Waals surface area contributed by atoms with E-state index < -0.39 is 0 Å². The largest absolute Gasteiger partial charge is 0.100 e. The summed E-state index contributed by atoms with van der Waals surface area (Å²) in [5, 5.41) is 1.65.